The van der Waals surface area contributed by atoms with Crippen molar-refractivity contribution in [2.24, 2.45) is 0 Å². The Bertz CT molecular complexity index is 1600. The first-order chi connectivity index (χ1) is 17.4. The molecule has 12 heteroatoms. The lowest BCUT2D eigenvalue weighted by Gasteiger charge is -2.16. The number of sulfonamides is 1. The highest BCUT2D eigenvalue weighted by Crippen LogP contribution is 2.36. The van der Waals surface area contributed by atoms with E-state index in [1.807, 2.05) is 0 Å². The van der Waals surface area contributed by atoms with Gasteiger partial charge in [-0.1, -0.05) is 40.2 Å². The minimum absolute atomic E-state index is 0.183. The first kappa shape index (κ1) is 26.7. The number of furan rings is 1. The minimum Gasteiger partial charge on any atom is -0.463 e. The molecule has 1 aromatic heterocycles. The van der Waals surface area contributed by atoms with Crippen LogP contribution in [0, 0.1) is 5.82 Å². The zero-order chi connectivity index (χ0) is 27.0. The molecule has 1 amide bonds. The third kappa shape index (κ3) is 5.80. The van der Waals surface area contributed by atoms with E-state index in [9.17, 15) is 30.8 Å². The summed E-state index contributed by atoms with van der Waals surface area (Å²) in [4.78, 5) is 12.0. The van der Waals surface area contributed by atoms with E-state index >= 15 is 0 Å². The highest BCUT2D eigenvalue weighted by atomic mass is 79.9. The van der Waals surface area contributed by atoms with E-state index in [-0.39, 0.29) is 27.2 Å². The van der Waals surface area contributed by atoms with Crippen LogP contribution in [0.3, 0.4) is 0 Å². The molecule has 0 saturated carbocycles. The molecule has 1 heterocycles. The molecule has 0 radical (unpaired) electrons. The van der Waals surface area contributed by atoms with Crippen molar-refractivity contribution in [3.05, 3.63) is 87.8 Å². The number of amides is 1. The quantitative estimate of drug-likeness (QED) is 0.242. The van der Waals surface area contributed by atoms with Crippen LogP contribution < -0.4 is 10.0 Å². The number of hydrogen-bond acceptors (Lipinski definition) is 4. The van der Waals surface area contributed by atoms with Crippen molar-refractivity contribution < 1.29 is 35.2 Å². The van der Waals surface area contributed by atoms with E-state index in [2.05, 4.69) is 26.0 Å². The zero-order valence-electron chi connectivity index (χ0n) is 19.1. The lowest BCUT2D eigenvalue weighted by Crippen LogP contribution is -2.21. The second-order valence-electron chi connectivity index (χ2n) is 8.07. The molecule has 0 saturated heterocycles. The van der Waals surface area contributed by atoms with Crippen LogP contribution in [-0.2, 0) is 22.6 Å². The molecule has 37 heavy (non-hydrogen) atoms. The normalized spacial score (nSPS) is 12.1. The smallest absolute Gasteiger partial charge is 0.416 e. The highest BCUT2D eigenvalue weighted by Gasteiger charge is 2.33. The second-order valence-corrected chi connectivity index (χ2v) is 10.8. The Hall–Kier alpha value is -3.38. The average Bonchev–Trinajstić information content (AvgIpc) is 3.26. The van der Waals surface area contributed by atoms with Gasteiger partial charge in [-0.2, -0.15) is 13.2 Å². The molecule has 2 N–H and O–H groups in total. The number of carbonyl (C=O) groups excluding carboxylic acids is 1. The molecule has 0 aliphatic rings. The molecule has 0 aliphatic carbocycles. The number of halogens is 5. The van der Waals surface area contributed by atoms with Gasteiger partial charge < -0.3 is 9.73 Å². The number of carbonyl (C=O) groups is 1. The van der Waals surface area contributed by atoms with Crippen LogP contribution in [0.1, 0.15) is 21.5 Å². The van der Waals surface area contributed by atoms with Crippen molar-refractivity contribution in [3.8, 4) is 11.1 Å². The van der Waals surface area contributed by atoms with E-state index < -0.39 is 39.8 Å². The van der Waals surface area contributed by atoms with Crippen molar-refractivity contribution in [2.45, 2.75) is 12.6 Å². The van der Waals surface area contributed by atoms with Crippen LogP contribution in [0.4, 0.5) is 23.2 Å². The van der Waals surface area contributed by atoms with Crippen LogP contribution >= 0.6 is 15.9 Å². The maximum atomic E-state index is 14.8. The summed E-state index contributed by atoms with van der Waals surface area (Å²) >= 11 is 2.99. The first-order valence-electron chi connectivity index (χ1n) is 10.8. The number of anilines is 1. The van der Waals surface area contributed by atoms with Crippen molar-refractivity contribution in [1.82, 2.24) is 5.32 Å². The minimum atomic E-state index is -4.67. The van der Waals surface area contributed by atoms with Crippen LogP contribution in [0.15, 0.2) is 69.8 Å². The van der Waals surface area contributed by atoms with Crippen LogP contribution in [-0.4, -0.2) is 27.1 Å². The summed E-state index contributed by atoms with van der Waals surface area (Å²) in [7, 11) is -2.78. The molecule has 6 nitrogen and oxygen atoms in total. The molecule has 0 bridgehead atoms. The molecule has 194 valence electrons. The number of fused-ring (bicyclic) bond motifs is 1. The molecule has 4 aromatic rings. The van der Waals surface area contributed by atoms with Gasteiger partial charge in [0.05, 0.1) is 22.6 Å². The van der Waals surface area contributed by atoms with Crippen LogP contribution in [0.2, 0.25) is 0 Å². The second kappa shape index (κ2) is 10.2. The summed E-state index contributed by atoms with van der Waals surface area (Å²) in [5.41, 5.74) is -0.305. The predicted molar refractivity (Wildman–Crippen MR) is 135 cm³/mol. The van der Waals surface area contributed by atoms with E-state index in [4.69, 9.17) is 4.42 Å². The van der Waals surface area contributed by atoms with Gasteiger partial charge in [0.1, 0.15) is 17.7 Å². The largest absolute Gasteiger partial charge is 0.463 e. The predicted octanol–water partition coefficient (Wildman–Crippen LogP) is 6.36. The average molecular weight is 599 g/mol. The summed E-state index contributed by atoms with van der Waals surface area (Å²) < 4.78 is 88.5. The monoisotopic (exact) mass is 598 g/mol. The maximum absolute atomic E-state index is 14.8. The standard InChI is InChI=1S/C25H19BrF4N2O4S/c1-31-24(33)19-13-36-22-11-15(6-8-18(19)22)17-3-2-4-21(27)23(17)32-37(34,35)10-9-14-5-7-16(26)12-20(14)25(28,29)30/h2-8,11-13,32H,9-10H2,1H3,(H,31,33). The van der Waals surface area contributed by atoms with Crippen molar-refractivity contribution in [2.75, 3.05) is 17.5 Å². The number of benzene rings is 3. The van der Waals surface area contributed by atoms with Crippen LogP contribution in [0.5, 0.6) is 0 Å². The van der Waals surface area contributed by atoms with Gasteiger partial charge in [0, 0.05) is 22.5 Å². The molecule has 0 aliphatic heterocycles. The third-order valence-corrected chi connectivity index (χ3v) is 7.40. The van der Waals surface area contributed by atoms with Gasteiger partial charge in [0.15, 0.2) is 0 Å². The number of alkyl halides is 3. The fraction of sp³-hybridized carbons (Fsp3) is 0.160. The van der Waals surface area contributed by atoms with Gasteiger partial charge >= 0.3 is 6.18 Å². The fourth-order valence-electron chi connectivity index (χ4n) is 3.86. The fourth-order valence-corrected chi connectivity index (χ4v) is 5.33. The first-order valence-corrected chi connectivity index (χ1v) is 13.2. The number of rotatable bonds is 7. The molecule has 0 unspecified atom stereocenters. The topological polar surface area (TPSA) is 88.4 Å². The lowest BCUT2D eigenvalue weighted by molar-refractivity contribution is -0.138. The Balaban J connectivity index is 1.63. The highest BCUT2D eigenvalue weighted by molar-refractivity contribution is 9.10. The number of aryl methyl sites for hydroxylation is 1. The summed E-state index contributed by atoms with van der Waals surface area (Å²) in [6.07, 6.45) is -3.83. The lowest BCUT2D eigenvalue weighted by atomic mass is 10.0. The Labute approximate surface area is 217 Å². The Morgan fingerprint density at radius 3 is 2.54 bits per heavy atom. The number of hydrogen-bond donors (Lipinski definition) is 2. The van der Waals surface area contributed by atoms with E-state index in [1.165, 1.54) is 43.6 Å². The summed E-state index contributed by atoms with van der Waals surface area (Å²) in [5.74, 6) is -1.94. The van der Waals surface area contributed by atoms with E-state index in [0.29, 0.717) is 22.1 Å². The summed E-state index contributed by atoms with van der Waals surface area (Å²) in [6, 6.07) is 12.1. The van der Waals surface area contributed by atoms with E-state index in [0.717, 1.165) is 12.1 Å². The Morgan fingerprint density at radius 1 is 1.08 bits per heavy atom. The van der Waals surface area contributed by atoms with Crippen LogP contribution in [0.25, 0.3) is 22.1 Å². The van der Waals surface area contributed by atoms with Gasteiger partial charge in [-0.25, -0.2) is 12.8 Å². The van der Waals surface area contributed by atoms with Crippen molar-refractivity contribution >= 4 is 48.5 Å². The Morgan fingerprint density at radius 2 is 1.84 bits per heavy atom. The SMILES string of the molecule is CNC(=O)c1coc2cc(-c3cccc(F)c3NS(=O)(=O)CCc3ccc(Br)cc3C(F)(F)F)ccc12. The number of para-hydroxylation sites is 1. The third-order valence-electron chi connectivity index (χ3n) is 5.65. The number of nitrogens with one attached hydrogen (secondary N) is 2. The van der Waals surface area contributed by atoms with Gasteiger partial charge in [-0.15, -0.1) is 0 Å². The molecule has 0 spiro atoms. The molecule has 0 atom stereocenters. The van der Waals surface area contributed by atoms with Crippen molar-refractivity contribution in [3.63, 3.8) is 0 Å². The molecular formula is C25H19BrF4N2O4S. The zero-order valence-corrected chi connectivity index (χ0v) is 21.5. The van der Waals surface area contributed by atoms with Gasteiger partial charge in [0.2, 0.25) is 10.0 Å². The molecule has 4 rings (SSSR count). The van der Waals surface area contributed by atoms with Crippen molar-refractivity contribution in [1.29, 1.82) is 0 Å². The molecule has 3 aromatic carbocycles. The molecule has 0 fully saturated rings. The molecular weight excluding hydrogens is 580 g/mol. The van der Waals surface area contributed by atoms with Gasteiger partial charge in [0.25, 0.3) is 5.91 Å². The van der Waals surface area contributed by atoms with E-state index in [1.54, 1.807) is 12.1 Å². The summed E-state index contributed by atoms with van der Waals surface area (Å²) in [5, 5.41) is 3.01. The maximum Gasteiger partial charge on any atom is 0.416 e. The van der Waals surface area contributed by atoms with Gasteiger partial charge in [-0.3, -0.25) is 9.52 Å². The Kier molecular flexibility index (Phi) is 7.33. The van der Waals surface area contributed by atoms with Gasteiger partial charge in [-0.05, 0) is 47.9 Å². The summed E-state index contributed by atoms with van der Waals surface area (Å²) in [6.45, 7) is 0.